The number of nitrogens with zero attached hydrogens (tertiary/aromatic N) is 2. The summed E-state index contributed by atoms with van der Waals surface area (Å²) in [7, 11) is 0. The van der Waals surface area contributed by atoms with Gasteiger partial charge in [0.2, 0.25) is 5.91 Å². The molecule has 1 atom stereocenters. The summed E-state index contributed by atoms with van der Waals surface area (Å²) < 4.78 is 26.6. The van der Waals surface area contributed by atoms with Crippen molar-refractivity contribution in [3.8, 4) is 0 Å². The van der Waals surface area contributed by atoms with Gasteiger partial charge in [-0.2, -0.15) is 0 Å². The zero-order chi connectivity index (χ0) is 22.9. The first-order chi connectivity index (χ1) is 15.2. The van der Waals surface area contributed by atoms with Crippen LogP contribution in [0, 0.1) is 5.92 Å². The molecule has 0 aliphatic carbocycles. The number of hydrogen-bond donors (Lipinski definition) is 2. The van der Waals surface area contributed by atoms with Gasteiger partial charge in [-0.15, -0.1) is 0 Å². The molecule has 176 valence electrons. The summed E-state index contributed by atoms with van der Waals surface area (Å²) in [5, 5.41) is 5.11. The summed E-state index contributed by atoms with van der Waals surface area (Å²) in [6.07, 6.45) is 1.54. The van der Waals surface area contributed by atoms with Crippen LogP contribution in [0.5, 0.6) is 0 Å². The highest BCUT2D eigenvalue weighted by Crippen LogP contribution is 2.38. The van der Waals surface area contributed by atoms with Gasteiger partial charge in [-0.3, -0.25) is 4.79 Å². The third kappa shape index (κ3) is 5.26. The van der Waals surface area contributed by atoms with E-state index in [0.29, 0.717) is 38.6 Å². The van der Waals surface area contributed by atoms with Gasteiger partial charge in [0, 0.05) is 67.2 Å². The predicted molar refractivity (Wildman–Crippen MR) is 124 cm³/mol. The molecule has 2 N–H and O–H groups in total. The highest BCUT2D eigenvalue weighted by molar-refractivity contribution is 6.31. The van der Waals surface area contributed by atoms with Gasteiger partial charge in [0.1, 0.15) is 0 Å². The largest absolute Gasteiger partial charge is 0.356 e. The Morgan fingerprint density at radius 1 is 1.28 bits per heavy atom. The maximum absolute atomic E-state index is 13.3. The number of benzene rings is 1. The van der Waals surface area contributed by atoms with E-state index in [9.17, 15) is 13.6 Å². The summed E-state index contributed by atoms with van der Waals surface area (Å²) in [6.45, 7) is 7.44. The van der Waals surface area contributed by atoms with Gasteiger partial charge in [-0.05, 0) is 42.5 Å². The Hall–Kier alpha value is -1.70. The molecule has 0 bridgehead atoms. The Morgan fingerprint density at radius 3 is 2.75 bits per heavy atom. The van der Waals surface area contributed by atoms with Crippen molar-refractivity contribution in [2.45, 2.75) is 51.5 Å². The van der Waals surface area contributed by atoms with Crippen molar-refractivity contribution in [1.82, 2.24) is 20.1 Å². The molecule has 0 saturated carbocycles. The molecule has 4 rings (SSSR count). The number of hydrogen-bond acceptors (Lipinski definition) is 3. The minimum Gasteiger partial charge on any atom is -0.356 e. The molecule has 2 aliphatic rings. The van der Waals surface area contributed by atoms with E-state index in [1.54, 1.807) is 0 Å². The summed E-state index contributed by atoms with van der Waals surface area (Å²) >= 11 is 6.23. The van der Waals surface area contributed by atoms with Crippen molar-refractivity contribution in [3.05, 3.63) is 34.5 Å². The van der Waals surface area contributed by atoms with Crippen molar-refractivity contribution in [2.75, 3.05) is 39.3 Å². The summed E-state index contributed by atoms with van der Waals surface area (Å²) in [4.78, 5) is 20.7. The molecule has 1 fully saturated rings. The third-order valence-electron chi connectivity index (χ3n) is 6.70. The third-order valence-corrected chi connectivity index (χ3v) is 6.93. The van der Waals surface area contributed by atoms with Crippen molar-refractivity contribution in [3.63, 3.8) is 0 Å². The number of halogens is 3. The smallest absolute Gasteiger partial charge is 0.250 e. The number of amides is 1. The molecule has 5 nitrogen and oxygen atoms in total. The Bertz CT molecular complexity index is 951. The lowest BCUT2D eigenvalue weighted by Crippen LogP contribution is -2.46. The van der Waals surface area contributed by atoms with Gasteiger partial charge in [0.15, 0.2) is 0 Å². The lowest BCUT2D eigenvalue weighted by Gasteiger charge is -2.37. The topological polar surface area (TPSA) is 51.4 Å². The van der Waals surface area contributed by atoms with Crippen LogP contribution in [0.3, 0.4) is 0 Å². The number of likely N-dealkylation sites (tertiary alicyclic amines) is 1. The van der Waals surface area contributed by atoms with Crippen molar-refractivity contribution < 1.29 is 13.6 Å². The first kappa shape index (κ1) is 23.5. The number of fused-ring (bicyclic) bond motifs is 3. The fraction of sp³-hybridized carbons (Fsp3) is 0.625. The summed E-state index contributed by atoms with van der Waals surface area (Å²) in [5.41, 5.74) is 3.46. The van der Waals surface area contributed by atoms with Crippen LogP contribution in [0.2, 0.25) is 5.02 Å². The Balaban J connectivity index is 1.38. The van der Waals surface area contributed by atoms with Crippen LogP contribution in [-0.2, 0) is 11.2 Å². The summed E-state index contributed by atoms with van der Waals surface area (Å²) in [6, 6.07) is 5.92. The Labute approximate surface area is 193 Å². The van der Waals surface area contributed by atoms with Gasteiger partial charge in [0.05, 0.1) is 12.6 Å². The normalized spacial score (nSPS) is 21.3. The van der Waals surface area contributed by atoms with E-state index in [4.69, 9.17) is 11.6 Å². The molecule has 1 aromatic heterocycles. The molecule has 1 saturated heterocycles. The fourth-order valence-corrected chi connectivity index (χ4v) is 5.14. The SMILES string of the molecule is CC(C)CC1c2[nH]c3ccc(Cl)cc3c2CCN1C(=O)CNCCN1CCC(F)(F)CC1. The van der Waals surface area contributed by atoms with E-state index in [1.165, 1.54) is 5.56 Å². The van der Waals surface area contributed by atoms with E-state index < -0.39 is 5.92 Å². The Morgan fingerprint density at radius 2 is 2.03 bits per heavy atom. The number of H-pyrrole nitrogens is 1. The number of nitrogens with one attached hydrogen (secondary N) is 2. The molecule has 0 radical (unpaired) electrons. The minimum absolute atomic E-state index is 0.0172. The molecule has 1 unspecified atom stereocenters. The minimum atomic E-state index is -2.52. The maximum Gasteiger partial charge on any atom is 0.250 e. The number of aromatic nitrogens is 1. The van der Waals surface area contributed by atoms with Crippen LogP contribution in [-0.4, -0.2) is 65.9 Å². The summed E-state index contributed by atoms with van der Waals surface area (Å²) in [5.74, 6) is -1.99. The molecule has 8 heteroatoms. The predicted octanol–water partition coefficient (Wildman–Crippen LogP) is 4.61. The molecule has 3 heterocycles. The van der Waals surface area contributed by atoms with E-state index in [1.807, 2.05) is 28.0 Å². The van der Waals surface area contributed by atoms with Crippen LogP contribution >= 0.6 is 11.6 Å². The number of alkyl halides is 2. The standard InChI is InChI=1S/C24H33ClF2N4O/c1-16(2)13-21-23-18(19-14-17(25)3-4-20(19)29-23)5-9-31(21)22(32)15-28-8-12-30-10-6-24(26,27)7-11-30/h3-4,14,16,21,28-29H,5-13,15H2,1-2H3. The molecular formula is C24H33ClF2N4O. The van der Waals surface area contributed by atoms with Crippen LogP contribution in [0.4, 0.5) is 8.78 Å². The lowest BCUT2D eigenvalue weighted by atomic mass is 9.91. The second-order valence-electron chi connectivity index (χ2n) is 9.56. The highest BCUT2D eigenvalue weighted by atomic mass is 35.5. The quantitative estimate of drug-likeness (QED) is 0.586. The van der Waals surface area contributed by atoms with Gasteiger partial charge >= 0.3 is 0 Å². The fourth-order valence-electron chi connectivity index (χ4n) is 4.97. The van der Waals surface area contributed by atoms with E-state index >= 15 is 0 Å². The van der Waals surface area contributed by atoms with Crippen molar-refractivity contribution >= 4 is 28.4 Å². The monoisotopic (exact) mass is 466 g/mol. The Kier molecular flexibility index (Phi) is 7.08. The molecule has 2 aliphatic heterocycles. The number of carbonyl (C=O) groups excluding carboxylic acids is 1. The van der Waals surface area contributed by atoms with E-state index in [2.05, 4.69) is 24.1 Å². The average molecular weight is 467 g/mol. The zero-order valence-corrected chi connectivity index (χ0v) is 19.7. The number of rotatable bonds is 7. The van der Waals surface area contributed by atoms with Gasteiger partial charge in [0.25, 0.3) is 5.92 Å². The van der Waals surface area contributed by atoms with Crippen molar-refractivity contribution in [2.24, 2.45) is 5.92 Å². The number of carbonyl (C=O) groups is 1. The average Bonchev–Trinajstić information content (AvgIpc) is 3.10. The number of piperidine rings is 1. The van der Waals surface area contributed by atoms with Crippen LogP contribution in [0.1, 0.15) is 50.4 Å². The second kappa shape index (κ2) is 9.65. The molecule has 2 aromatic rings. The van der Waals surface area contributed by atoms with E-state index in [-0.39, 0.29) is 31.3 Å². The molecule has 1 aromatic carbocycles. The van der Waals surface area contributed by atoms with Crippen LogP contribution < -0.4 is 5.32 Å². The van der Waals surface area contributed by atoms with E-state index in [0.717, 1.165) is 34.5 Å². The van der Waals surface area contributed by atoms with Gasteiger partial charge in [-0.25, -0.2) is 8.78 Å². The molecule has 0 spiro atoms. The molecular weight excluding hydrogens is 434 g/mol. The zero-order valence-electron chi connectivity index (χ0n) is 18.9. The molecule has 32 heavy (non-hydrogen) atoms. The lowest BCUT2D eigenvalue weighted by molar-refractivity contribution is -0.133. The van der Waals surface area contributed by atoms with Crippen molar-refractivity contribution in [1.29, 1.82) is 0 Å². The van der Waals surface area contributed by atoms with Crippen LogP contribution in [0.15, 0.2) is 18.2 Å². The second-order valence-corrected chi connectivity index (χ2v) is 10.0. The van der Waals surface area contributed by atoms with Gasteiger partial charge < -0.3 is 20.1 Å². The maximum atomic E-state index is 13.3. The van der Waals surface area contributed by atoms with Gasteiger partial charge in [-0.1, -0.05) is 25.4 Å². The first-order valence-corrected chi connectivity index (χ1v) is 12.0. The molecule has 1 amide bonds. The van der Waals surface area contributed by atoms with Crippen LogP contribution in [0.25, 0.3) is 10.9 Å². The number of aromatic amines is 1. The highest BCUT2D eigenvalue weighted by Gasteiger charge is 2.35. The first-order valence-electron chi connectivity index (χ1n) is 11.6.